The minimum Gasteiger partial charge on any atom is -0.457 e. The number of amides is 1. The van der Waals surface area contributed by atoms with Crippen molar-refractivity contribution < 1.29 is 23.5 Å². The number of ether oxygens (including phenoxy) is 1. The van der Waals surface area contributed by atoms with Gasteiger partial charge in [-0.1, -0.05) is 12.7 Å². The van der Waals surface area contributed by atoms with E-state index in [1.807, 2.05) is 0 Å². The van der Waals surface area contributed by atoms with Gasteiger partial charge in [-0.25, -0.2) is 19.2 Å². The number of carbonyl (C=O) groups is 3. The van der Waals surface area contributed by atoms with Gasteiger partial charge in [0, 0.05) is 18.7 Å². The number of carbonyl (C=O) groups excluding carboxylic acids is 3. The van der Waals surface area contributed by atoms with E-state index in [1.165, 1.54) is 11.1 Å². The van der Waals surface area contributed by atoms with Gasteiger partial charge in [0.15, 0.2) is 18.2 Å². The third-order valence-electron chi connectivity index (χ3n) is 3.04. The molecule has 108 valence electrons. The summed E-state index contributed by atoms with van der Waals surface area (Å²) in [6.07, 6.45) is 1.35. The molecule has 0 unspecified atom stereocenters. The van der Waals surface area contributed by atoms with E-state index >= 15 is 0 Å². The second kappa shape index (κ2) is 5.51. The molecule has 1 atom stereocenters. The minimum absolute atomic E-state index is 0.0271. The van der Waals surface area contributed by atoms with Gasteiger partial charge in [-0.15, -0.1) is 0 Å². The van der Waals surface area contributed by atoms with E-state index < -0.39 is 30.4 Å². The number of ketones is 1. The number of hydrogen-bond donors (Lipinski definition) is 1. The van der Waals surface area contributed by atoms with Gasteiger partial charge >= 0.3 is 5.97 Å². The number of halogens is 1. The van der Waals surface area contributed by atoms with E-state index in [2.05, 4.69) is 6.58 Å². The van der Waals surface area contributed by atoms with Gasteiger partial charge in [0.2, 0.25) is 0 Å². The van der Waals surface area contributed by atoms with Crippen LogP contribution in [0.25, 0.3) is 0 Å². The Hall–Kier alpha value is -2.06. The van der Waals surface area contributed by atoms with Gasteiger partial charge in [-0.05, 0) is 0 Å². The molecule has 0 aromatic rings. The predicted octanol–water partition coefficient (Wildman–Crippen LogP) is -1.09. The van der Waals surface area contributed by atoms with E-state index in [9.17, 15) is 18.8 Å². The molecule has 2 aliphatic heterocycles. The third kappa shape index (κ3) is 2.23. The van der Waals surface area contributed by atoms with Crippen LogP contribution in [-0.2, 0) is 19.1 Å². The van der Waals surface area contributed by atoms with E-state index in [0.717, 1.165) is 5.01 Å². The lowest BCUT2D eigenvalue weighted by atomic mass is 10.1. The van der Waals surface area contributed by atoms with Gasteiger partial charge < -0.3 is 10.5 Å². The number of nitrogens with zero attached hydrogens (tertiary/aromatic N) is 2. The van der Waals surface area contributed by atoms with Crippen molar-refractivity contribution >= 4 is 17.7 Å². The smallest absolute Gasteiger partial charge is 0.357 e. The highest BCUT2D eigenvalue weighted by molar-refractivity contribution is 6.08. The minimum atomic E-state index is -1.24. The summed E-state index contributed by atoms with van der Waals surface area (Å²) < 4.78 is 17.4. The van der Waals surface area contributed by atoms with Gasteiger partial charge in [-0.3, -0.25) is 9.59 Å². The Morgan fingerprint density at radius 2 is 2.25 bits per heavy atom. The highest BCUT2D eigenvalue weighted by Crippen LogP contribution is 2.30. The van der Waals surface area contributed by atoms with Gasteiger partial charge in [0.1, 0.15) is 12.6 Å². The van der Waals surface area contributed by atoms with Crippen molar-refractivity contribution in [2.24, 2.45) is 5.73 Å². The Labute approximate surface area is 114 Å². The highest BCUT2D eigenvalue weighted by atomic mass is 19.1. The van der Waals surface area contributed by atoms with Gasteiger partial charge in [-0.2, -0.15) is 0 Å². The highest BCUT2D eigenvalue weighted by Gasteiger charge is 2.47. The number of fused-ring (bicyclic) bond motifs is 1. The largest absolute Gasteiger partial charge is 0.457 e. The molecule has 1 amide bonds. The number of rotatable bonds is 5. The van der Waals surface area contributed by atoms with Crippen LogP contribution >= 0.6 is 0 Å². The molecular weight excluding hydrogens is 269 g/mol. The number of esters is 1. The Morgan fingerprint density at radius 1 is 1.55 bits per heavy atom. The maximum absolute atomic E-state index is 12.6. The molecule has 0 aromatic heterocycles. The zero-order valence-corrected chi connectivity index (χ0v) is 10.7. The summed E-state index contributed by atoms with van der Waals surface area (Å²) in [6, 6.07) is -0.778. The Morgan fingerprint density at radius 3 is 2.85 bits per heavy atom. The standard InChI is InChI=1S/C12H14FN3O4/c1-2-3-20-12(19)10-7(9(17)4-13)5-15-6-8(14)11(18)16(10)15/h2,8H,1,3-6,14H2/t8-/m0/s1. The lowest BCUT2D eigenvalue weighted by Crippen LogP contribution is -2.38. The fourth-order valence-electron chi connectivity index (χ4n) is 2.17. The first-order valence-corrected chi connectivity index (χ1v) is 5.96. The molecular formula is C12H14FN3O4. The van der Waals surface area contributed by atoms with Gasteiger partial charge in [0.25, 0.3) is 5.91 Å². The molecule has 0 spiro atoms. The number of alkyl halides is 1. The van der Waals surface area contributed by atoms with Crippen molar-refractivity contribution in [1.29, 1.82) is 0 Å². The molecule has 0 bridgehead atoms. The second-order valence-corrected chi connectivity index (χ2v) is 4.37. The predicted molar refractivity (Wildman–Crippen MR) is 65.6 cm³/mol. The zero-order chi connectivity index (χ0) is 14.9. The van der Waals surface area contributed by atoms with Crippen molar-refractivity contribution in [1.82, 2.24) is 10.0 Å². The molecule has 7 nitrogen and oxygen atoms in total. The summed E-state index contributed by atoms with van der Waals surface area (Å²) in [4.78, 5) is 35.5. The third-order valence-corrected chi connectivity index (χ3v) is 3.04. The molecule has 0 aromatic carbocycles. The van der Waals surface area contributed by atoms with Crippen LogP contribution in [0, 0.1) is 0 Å². The topological polar surface area (TPSA) is 92.9 Å². The van der Waals surface area contributed by atoms with E-state index in [1.54, 1.807) is 0 Å². The lowest BCUT2D eigenvalue weighted by Gasteiger charge is -2.20. The van der Waals surface area contributed by atoms with Gasteiger partial charge in [0.05, 0.1) is 0 Å². The maximum Gasteiger partial charge on any atom is 0.357 e. The maximum atomic E-state index is 12.6. The summed E-state index contributed by atoms with van der Waals surface area (Å²) in [7, 11) is 0. The fraction of sp³-hybridized carbons (Fsp3) is 0.417. The summed E-state index contributed by atoms with van der Waals surface area (Å²) >= 11 is 0. The molecule has 20 heavy (non-hydrogen) atoms. The van der Waals surface area contributed by atoms with Crippen LogP contribution in [-0.4, -0.2) is 60.1 Å². The Kier molecular flexibility index (Phi) is 3.96. The monoisotopic (exact) mass is 283 g/mol. The molecule has 0 saturated carbocycles. The average Bonchev–Trinajstić information content (AvgIpc) is 2.93. The van der Waals surface area contributed by atoms with Crippen LogP contribution in [0.3, 0.4) is 0 Å². The average molecular weight is 283 g/mol. The molecule has 8 heteroatoms. The molecule has 2 aliphatic rings. The van der Waals surface area contributed by atoms with Crippen LogP contribution in [0.15, 0.2) is 23.9 Å². The van der Waals surface area contributed by atoms with E-state index in [0.29, 0.717) is 0 Å². The van der Waals surface area contributed by atoms with Crippen LogP contribution in [0.1, 0.15) is 0 Å². The van der Waals surface area contributed by atoms with Crippen molar-refractivity contribution in [3.8, 4) is 0 Å². The van der Waals surface area contributed by atoms with Crippen molar-refractivity contribution in [3.63, 3.8) is 0 Å². The van der Waals surface area contributed by atoms with E-state index in [-0.39, 0.29) is 31.0 Å². The van der Waals surface area contributed by atoms with Crippen LogP contribution in [0.4, 0.5) is 4.39 Å². The number of nitrogens with two attached hydrogens (primary N) is 1. The molecule has 2 N–H and O–H groups in total. The number of hydrogen-bond acceptors (Lipinski definition) is 6. The Bertz CT molecular complexity index is 517. The van der Waals surface area contributed by atoms with Crippen molar-refractivity contribution in [3.05, 3.63) is 23.9 Å². The first kappa shape index (κ1) is 14.4. The Balaban J connectivity index is 2.36. The van der Waals surface area contributed by atoms with Crippen molar-refractivity contribution in [2.75, 3.05) is 26.4 Å². The molecule has 1 fully saturated rings. The molecule has 0 aliphatic carbocycles. The number of hydrazine groups is 1. The lowest BCUT2D eigenvalue weighted by molar-refractivity contribution is -0.146. The molecule has 2 heterocycles. The van der Waals surface area contributed by atoms with Crippen molar-refractivity contribution in [2.45, 2.75) is 6.04 Å². The molecule has 2 rings (SSSR count). The quantitative estimate of drug-likeness (QED) is 0.509. The molecule has 1 saturated heterocycles. The summed E-state index contributed by atoms with van der Waals surface area (Å²) in [5.41, 5.74) is 5.29. The zero-order valence-electron chi connectivity index (χ0n) is 10.7. The van der Waals surface area contributed by atoms with Crippen LogP contribution < -0.4 is 5.73 Å². The summed E-state index contributed by atoms with van der Waals surface area (Å²) in [5.74, 6) is -2.23. The second-order valence-electron chi connectivity index (χ2n) is 4.37. The first-order valence-electron chi connectivity index (χ1n) is 5.96. The summed E-state index contributed by atoms with van der Waals surface area (Å²) in [6.45, 7) is 2.22. The normalized spacial score (nSPS) is 22.2. The first-order chi connectivity index (χ1) is 9.51. The van der Waals surface area contributed by atoms with E-state index in [4.69, 9.17) is 10.5 Å². The summed E-state index contributed by atoms with van der Waals surface area (Å²) in [5, 5.41) is 2.44. The fourth-order valence-corrected chi connectivity index (χ4v) is 2.17. The van der Waals surface area contributed by atoms with Crippen LogP contribution in [0.5, 0.6) is 0 Å². The number of Topliss-reactive ketones (excluding diaryl/α,β-unsaturated/α-hetero) is 1. The SMILES string of the molecule is C=CCOC(=O)C1=C(C(=O)CF)CN2C[C@H](N)C(=O)N12. The molecule has 0 radical (unpaired) electrons. The van der Waals surface area contributed by atoms with Crippen LogP contribution in [0.2, 0.25) is 0 Å².